The summed E-state index contributed by atoms with van der Waals surface area (Å²) in [6.07, 6.45) is 1.73. The summed E-state index contributed by atoms with van der Waals surface area (Å²) in [6.45, 7) is 1.82. The maximum absolute atomic E-state index is 14.1. The van der Waals surface area contributed by atoms with Crippen LogP contribution in [0.3, 0.4) is 0 Å². The van der Waals surface area contributed by atoms with Crippen molar-refractivity contribution in [2.75, 3.05) is 33.1 Å². The van der Waals surface area contributed by atoms with E-state index in [0.29, 0.717) is 16.8 Å². The predicted octanol–water partition coefficient (Wildman–Crippen LogP) is 0.603. The third-order valence-electron chi connectivity index (χ3n) is 9.25. The Balaban J connectivity index is 1.65. The standard InChI is InChI=1S/C29H36N4O8/c1-28(6-7-28)27(40)31-11-13-10-16(32(2)3)14-8-12-9-15-20(33(4)5)23(36)19(26(30)39)25(38)29(15,41)24(37)17(12)22(35)18(14)21(13)34/h10,12,15,20,34,36-37,41H,6-9,11H2,1-5H3,(H2,30,39)(H,31,40). The number of aliphatic hydroxyl groups excluding tert-OH is 2. The van der Waals surface area contributed by atoms with Crippen molar-refractivity contribution in [1.29, 1.82) is 0 Å². The summed E-state index contributed by atoms with van der Waals surface area (Å²) in [5.41, 5.74) is 2.54. The first-order chi connectivity index (χ1) is 19.1. The molecule has 1 aromatic rings. The normalized spacial score (nSPS) is 28.2. The monoisotopic (exact) mass is 568 g/mol. The van der Waals surface area contributed by atoms with Gasteiger partial charge in [0.2, 0.25) is 11.7 Å². The Kier molecular flexibility index (Phi) is 6.50. The van der Waals surface area contributed by atoms with E-state index >= 15 is 0 Å². The fraction of sp³-hybridized carbons (Fsp3) is 0.517. The van der Waals surface area contributed by atoms with Crippen LogP contribution < -0.4 is 16.0 Å². The molecule has 1 fully saturated rings. The topological polar surface area (TPSA) is 194 Å². The zero-order chi connectivity index (χ0) is 30.3. The Morgan fingerprint density at radius 2 is 1.76 bits per heavy atom. The highest BCUT2D eigenvalue weighted by atomic mass is 16.3. The number of rotatable bonds is 6. The van der Waals surface area contributed by atoms with Crippen LogP contribution in [0.25, 0.3) is 0 Å². The number of nitrogens with two attached hydrogens (primary N) is 1. The number of phenols is 1. The van der Waals surface area contributed by atoms with Crippen LogP contribution in [-0.4, -0.2) is 88.5 Å². The average molecular weight is 569 g/mol. The molecule has 220 valence electrons. The molecule has 5 rings (SSSR count). The van der Waals surface area contributed by atoms with E-state index in [4.69, 9.17) is 5.73 Å². The molecular weight excluding hydrogens is 532 g/mol. The molecule has 1 aromatic carbocycles. The number of fused-ring (bicyclic) bond motifs is 3. The summed E-state index contributed by atoms with van der Waals surface area (Å²) in [5, 5.41) is 48.3. The maximum Gasteiger partial charge on any atom is 0.255 e. The van der Waals surface area contributed by atoms with Crippen molar-refractivity contribution < 1.29 is 39.6 Å². The molecule has 4 aliphatic carbocycles. The van der Waals surface area contributed by atoms with Gasteiger partial charge < -0.3 is 36.4 Å². The quantitative estimate of drug-likeness (QED) is 0.265. The first kappa shape index (κ1) is 28.6. The van der Waals surface area contributed by atoms with Crippen molar-refractivity contribution in [1.82, 2.24) is 10.2 Å². The fourth-order valence-electron chi connectivity index (χ4n) is 6.69. The molecule has 0 heterocycles. The van der Waals surface area contributed by atoms with E-state index in [1.807, 2.05) is 6.92 Å². The van der Waals surface area contributed by atoms with E-state index in [-0.39, 0.29) is 42.2 Å². The second-order valence-electron chi connectivity index (χ2n) is 12.4. The highest BCUT2D eigenvalue weighted by Gasteiger charge is 2.63. The van der Waals surface area contributed by atoms with E-state index < -0.39 is 63.5 Å². The van der Waals surface area contributed by atoms with Crippen LogP contribution in [0.4, 0.5) is 5.69 Å². The van der Waals surface area contributed by atoms with Crippen molar-refractivity contribution in [2.45, 2.75) is 50.8 Å². The van der Waals surface area contributed by atoms with Gasteiger partial charge >= 0.3 is 0 Å². The number of phenolic OH excluding ortho intramolecular Hbond substituents is 1. The van der Waals surface area contributed by atoms with Gasteiger partial charge in [-0.05, 0) is 57.3 Å². The zero-order valence-electron chi connectivity index (χ0n) is 23.7. The first-order valence-electron chi connectivity index (χ1n) is 13.5. The molecule has 2 amide bonds. The van der Waals surface area contributed by atoms with E-state index in [0.717, 1.165) is 12.8 Å². The van der Waals surface area contributed by atoms with E-state index in [9.17, 15) is 39.6 Å². The number of carbonyl (C=O) groups is 4. The number of nitrogens with zero attached hydrogens (tertiary/aromatic N) is 2. The Bertz CT molecular complexity index is 1470. The SMILES string of the molecule is CN(C)c1cc(CNC(=O)C2(C)CC2)c(O)c2c1CC1CC3C(N(C)C)C(O)=C(C(N)=O)C(=O)C3(O)C(O)=C1C2=O. The number of aliphatic hydroxyl groups is 3. The summed E-state index contributed by atoms with van der Waals surface area (Å²) < 4.78 is 0. The summed E-state index contributed by atoms with van der Waals surface area (Å²) >= 11 is 0. The van der Waals surface area contributed by atoms with Crippen LogP contribution >= 0.6 is 0 Å². The van der Waals surface area contributed by atoms with Crippen LogP contribution in [0.5, 0.6) is 5.75 Å². The van der Waals surface area contributed by atoms with Crippen molar-refractivity contribution in [2.24, 2.45) is 23.0 Å². The molecule has 12 heteroatoms. The second kappa shape index (κ2) is 9.31. The number of amides is 2. The molecule has 0 spiro atoms. The third-order valence-corrected chi connectivity index (χ3v) is 9.25. The number of anilines is 1. The lowest BCUT2D eigenvalue weighted by Crippen LogP contribution is -2.63. The molecule has 12 nitrogen and oxygen atoms in total. The van der Waals surface area contributed by atoms with Gasteiger partial charge in [-0.2, -0.15) is 0 Å². The molecule has 4 unspecified atom stereocenters. The van der Waals surface area contributed by atoms with Crippen LogP contribution in [0, 0.1) is 17.3 Å². The van der Waals surface area contributed by atoms with Crippen LogP contribution in [0.2, 0.25) is 0 Å². The first-order valence-corrected chi connectivity index (χ1v) is 13.5. The van der Waals surface area contributed by atoms with Crippen LogP contribution in [0.1, 0.15) is 47.7 Å². The lowest BCUT2D eigenvalue weighted by molar-refractivity contribution is -0.148. The van der Waals surface area contributed by atoms with Gasteiger partial charge in [-0.15, -0.1) is 0 Å². The van der Waals surface area contributed by atoms with E-state index in [2.05, 4.69) is 5.32 Å². The fourth-order valence-corrected chi connectivity index (χ4v) is 6.69. The number of nitrogens with one attached hydrogen (secondary N) is 1. The zero-order valence-corrected chi connectivity index (χ0v) is 23.7. The Labute approximate surface area is 237 Å². The van der Waals surface area contributed by atoms with Crippen LogP contribution in [-0.2, 0) is 27.3 Å². The highest BCUT2D eigenvalue weighted by Crippen LogP contribution is 2.53. The Hall–Kier alpha value is -3.90. The van der Waals surface area contributed by atoms with Crippen molar-refractivity contribution in [3.63, 3.8) is 0 Å². The Morgan fingerprint density at radius 3 is 2.29 bits per heavy atom. The van der Waals surface area contributed by atoms with Gasteiger partial charge in [0.05, 0.1) is 11.6 Å². The molecule has 1 saturated carbocycles. The van der Waals surface area contributed by atoms with Gasteiger partial charge in [-0.25, -0.2) is 0 Å². The minimum Gasteiger partial charge on any atom is -0.510 e. The van der Waals surface area contributed by atoms with E-state index in [1.54, 1.807) is 39.2 Å². The molecule has 0 radical (unpaired) electrons. The third kappa shape index (κ3) is 4.03. The van der Waals surface area contributed by atoms with Gasteiger partial charge in [0.15, 0.2) is 11.4 Å². The minimum absolute atomic E-state index is 0.00971. The Morgan fingerprint density at radius 1 is 1.12 bits per heavy atom. The smallest absolute Gasteiger partial charge is 0.255 e. The lowest BCUT2D eigenvalue weighted by Gasteiger charge is -2.50. The summed E-state index contributed by atoms with van der Waals surface area (Å²) in [5.74, 6) is -7.12. The predicted molar refractivity (Wildman–Crippen MR) is 147 cm³/mol. The summed E-state index contributed by atoms with van der Waals surface area (Å²) in [4.78, 5) is 55.5. The average Bonchev–Trinajstić information content (AvgIpc) is 3.63. The summed E-state index contributed by atoms with van der Waals surface area (Å²) in [6, 6.07) is 0.659. The highest BCUT2D eigenvalue weighted by molar-refractivity contribution is 6.25. The second-order valence-corrected chi connectivity index (χ2v) is 12.4. The number of carbonyl (C=O) groups excluding carboxylic acids is 4. The lowest BCUT2D eigenvalue weighted by atomic mass is 9.58. The number of ketones is 2. The molecular formula is C29H36N4O8. The van der Waals surface area contributed by atoms with Crippen LogP contribution in [0.15, 0.2) is 28.7 Å². The van der Waals surface area contributed by atoms with Crippen molar-refractivity contribution in [3.8, 4) is 5.75 Å². The maximum atomic E-state index is 14.1. The molecule has 7 N–H and O–H groups in total. The minimum atomic E-state index is -2.70. The number of aromatic hydroxyl groups is 1. The van der Waals surface area contributed by atoms with Gasteiger partial charge in [-0.3, -0.25) is 24.1 Å². The van der Waals surface area contributed by atoms with Gasteiger partial charge in [-0.1, -0.05) is 6.92 Å². The molecule has 4 aliphatic rings. The van der Waals surface area contributed by atoms with Gasteiger partial charge in [0.25, 0.3) is 5.91 Å². The number of benzene rings is 1. The molecule has 41 heavy (non-hydrogen) atoms. The van der Waals surface area contributed by atoms with Gasteiger partial charge in [0, 0.05) is 48.8 Å². The number of hydrogen-bond donors (Lipinski definition) is 6. The van der Waals surface area contributed by atoms with Gasteiger partial charge in [0.1, 0.15) is 22.8 Å². The molecule has 0 aromatic heterocycles. The summed E-state index contributed by atoms with van der Waals surface area (Å²) in [7, 11) is 6.73. The number of allylic oxidation sites excluding steroid dienone is 1. The van der Waals surface area contributed by atoms with Crippen molar-refractivity contribution >= 4 is 29.1 Å². The van der Waals surface area contributed by atoms with E-state index in [1.165, 1.54) is 4.90 Å². The molecule has 0 aliphatic heterocycles. The molecule has 4 atom stereocenters. The molecule has 0 bridgehead atoms. The number of hydrogen-bond acceptors (Lipinski definition) is 10. The molecule has 0 saturated heterocycles. The largest absolute Gasteiger partial charge is 0.510 e. The number of likely N-dealkylation sites (N-methyl/N-ethyl adjacent to an activating group) is 1. The number of primary amides is 1. The number of Topliss-reactive ketones (excluding diaryl/α,β-unsaturated/α-hetero) is 2. The van der Waals surface area contributed by atoms with Crippen molar-refractivity contribution in [3.05, 3.63) is 45.4 Å².